The molecule has 2 aliphatic heterocycles. The molecule has 2 atom stereocenters. The third-order valence-corrected chi connectivity index (χ3v) is 8.19. The van der Waals surface area contributed by atoms with Crippen molar-refractivity contribution in [2.24, 2.45) is 0 Å². The molecular weight excluding hydrogens is 542 g/mol. The van der Waals surface area contributed by atoms with Crippen molar-refractivity contribution in [2.75, 3.05) is 47.0 Å². The zero-order valence-electron chi connectivity index (χ0n) is 23.5. The number of ether oxygens (including phenoxy) is 4. The Hall–Kier alpha value is -3.44. The van der Waals surface area contributed by atoms with Crippen LogP contribution in [0.15, 0.2) is 60.0 Å². The van der Waals surface area contributed by atoms with Crippen LogP contribution in [0.4, 0.5) is 0 Å². The molecule has 2 amide bonds. The summed E-state index contributed by atoms with van der Waals surface area (Å²) in [6, 6.07) is 17.0. The fourth-order valence-electron chi connectivity index (χ4n) is 5.30. The van der Waals surface area contributed by atoms with Crippen LogP contribution in [-0.2, 0) is 27.4 Å². The largest absolute Gasteiger partial charge is 0.493 e. The topological polar surface area (TPSA) is 89.6 Å². The molecule has 3 aromatic rings. The fourth-order valence-corrected chi connectivity index (χ4v) is 5.99. The summed E-state index contributed by atoms with van der Waals surface area (Å²) in [6.45, 7) is 3.34. The van der Waals surface area contributed by atoms with Crippen molar-refractivity contribution in [3.8, 4) is 17.2 Å². The van der Waals surface area contributed by atoms with E-state index < -0.39 is 0 Å². The second kappa shape index (κ2) is 14.0. The van der Waals surface area contributed by atoms with Crippen LogP contribution in [0.25, 0.3) is 0 Å². The van der Waals surface area contributed by atoms with Crippen molar-refractivity contribution in [1.29, 1.82) is 0 Å². The minimum Gasteiger partial charge on any atom is -0.493 e. The van der Waals surface area contributed by atoms with Crippen molar-refractivity contribution in [3.63, 3.8) is 0 Å². The molecule has 0 aliphatic carbocycles. The Bertz CT molecular complexity index is 1320. The van der Waals surface area contributed by atoms with E-state index in [0.29, 0.717) is 67.9 Å². The van der Waals surface area contributed by atoms with Crippen LogP contribution in [0.5, 0.6) is 17.2 Å². The lowest BCUT2D eigenvalue weighted by Gasteiger charge is -2.39. The Kier molecular flexibility index (Phi) is 9.89. The molecule has 41 heavy (non-hydrogen) atoms. The van der Waals surface area contributed by atoms with Gasteiger partial charge in [-0.25, -0.2) is 0 Å². The summed E-state index contributed by atoms with van der Waals surface area (Å²) in [5.74, 6) is 1.81. The molecule has 10 heteroatoms. The van der Waals surface area contributed by atoms with E-state index in [0.717, 1.165) is 17.5 Å². The van der Waals surface area contributed by atoms with Gasteiger partial charge < -0.3 is 29.2 Å². The van der Waals surface area contributed by atoms with E-state index in [1.54, 1.807) is 14.2 Å². The van der Waals surface area contributed by atoms with Gasteiger partial charge in [0.05, 0.1) is 37.3 Å². The normalized spacial score (nSPS) is 20.0. The Morgan fingerprint density at radius 3 is 2.80 bits per heavy atom. The number of benzene rings is 2. The molecule has 3 heterocycles. The van der Waals surface area contributed by atoms with Crippen LogP contribution in [0, 0.1) is 0 Å². The molecule has 1 aromatic heterocycles. The van der Waals surface area contributed by atoms with Crippen molar-refractivity contribution in [1.82, 2.24) is 15.1 Å². The number of likely N-dealkylation sites (tertiary alicyclic amines) is 1. The highest BCUT2D eigenvalue weighted by Crippen LogP contribution is 2.33. The number of methoxy groups -OCH3 is 2. The van der Waals surface area contributed by atoms with E-state index in [9.17, 15) is 9.59 Å². The van der Waals surface area contributed by atoms with E-state index in [1.807, 2.05) is 64.9 Å². The average Bonchev–Trinajstić information content (AvgIpc) is 3.51. The molecule has 2 aliphatic rings. The van der Waals surface area contributed by atoms with E-state index >= 15 is 0 Å². The summed E-state index contributed by atoms with van der Waals surface area (Å²) in [4.78, 5) is 31.2. The minimum absolute atomic E-state index is 0.0128. The summed E-state index contributed by atoms with van der Waals surface area (Å²) in [5, 5.41) is 5.11. The van der Waals surface area contributed by atoms with E-state index in [4.69, 9.17) is 18.9 Å². The quantitative estimate of drug-likeness (QED) is 0.435. The van der Waals surface area contributed by atoms with Gasteiger partial charge in [-0.3, -0.25) is 14.5 Å². The van der Waals surface area contributed by atoms with Crippen molar-refractivity contribution in [3.05, 3.63) is 76.0 Å². The second-order valence-corrected chi connectivity index (χ2v) is 11.3. The Morgan fingerprint density at radius 1 is 1.10 bits per heavy atom. The fraction of sp³-hybridized carbons (Fsp3) is 0.419. The van der Waals surface area contributed by atoms with Crippen molar-refractivity contribution in [2.45, 2.75) is 38.1 Å². The Labute approximate surface area is 244 Å². The summed E-state index contributed by atoms with van der Waals surface area (Å²) in [6.07, 6.45) is 1.17. The zero-order valence-corrected chi connectivity index (χ0v) is 24.4. The SMILES string of the molecule is COCCCN1CC(=O)N[C@H]2CN(C(=O)c3cccs3)CC[C@H]2OCc2cccc(c2)Oc2cc(ccc2OC)C1. The van der Waals surface area contributed by atoms with Gasteiger partial charge in [0.2, 0.25) is 5.91 Å². The van der Waals surface area contributed by atoms with E-state index in [-0.39, 0.29) is 30.5 Å². The first-order chi connectivity index (χ1) is 20.0. The Morgan fingerprint density at radius 2 is 2.00 bits per heavy atom. The van der Waals surface area contributed by atoms with Gasteiger partial charge in [-0.1, -0.05) is 24.3 Å². The number of hydrogen-bond donors (Lipinski definition) is 1. The maximum absolute atomic E-state index is 13.5. The number of nitrogens with zero attached hydrogens (tertiary/aromatic N) is 2. The first kappa shape index (κ1) is 29.1. The summed E-state index contributed by atoms with van der Waals surface area (Å²) in [5.41, 5.74) is 1.96. The van der Waals surface area contributed by atoms with Crippen LogP contribution in [0.2, 0.25) is 0 Å². The van der Waals surface area contributed by atoms with Gasteiger partial charge in [-0.05, 0) is 59.7 Å². The summed E-state index contributed by atoms with van der Waals surface area (Å²) < 4.78 is 23.5. The highest BCUT2D eigenvalue weighted by molar-refractivity contribution is 7.12. The molecule has 1 fully saturated rings. The van der Waals surface area contributed by atoms with Crippen LogP contribution >= 0.6 is 11.3 Å². The molecule has 0 unspecified atom stereocenters. The lowest BCUT2D eigenvalue weighted by molar-refractivity contribution is -0.125. The van der Waals surface area contributed by atoms with Crippen molar-refractivity contribution < 1.29 is 28.5 Å². The first-order valence-corrected chi connectivity index (χ1v) is 14.8. The lowest BCUT2D eigenvalue weighted by Crippen LogP contribution is -2.58. The van der Waals surface area contributed by atoms with Gasteiger partial charge in [0.15, 0.2) is 11.5 Å². The molecule has 9 nitrogen and oxygen atoms in total. The molecular formula is C31H37N3O6S. The third-order valence-electron chi connectivity index (χ3n) is 7.33. The maximum Gasteiger partial charge on any atom is 0.263 e. The van der Waals surface area contributed by atoms with Gasteiger partial charge in [0.1, 0.15) is 5.75 Å². The maximum atomic E-state index is 13.5. The monoisotopic (exact) mass is 579 g/mol. The van der Waals surface area contributed by atoms with Crippen LogP contribution in [-0.4, -0.2) is 80.8 Å². The highest BCUT2D eigenvalue weighted by Gasteiger charge is 2.34. The van der Waals surface area contributed by atoms with Crippen LogP contribution < -0.4 is 14.8 Å². The first-order valence-electron chi connectivity index (χ1n) is 13.9. The second-order valence-electron chi connectivity index (χ2n) is 10.3. The molecule has 0 radical (unpaired) electrons. The number of fused-ring (bicyclic) bond motifs is 5. The number of rotatable bonds is 6. The number of amides is 2. The van der Waals surface area contributed by atoms with Gasteiger partial charge in [0.25, 0.3) is 5.91 Å². The molecule has 2 aromatic carbocycles. The number of hydrogen-bond acceptors (Lipinski definition) is 8. The standard InChI is InChI=1S/C31H37N3O6S/c1-37-14-5-12-33-18-22-9-10-27(38-2)28(17-22)40-24-7-3-6-23(16-24)21-39-26-11-13-34(19-25(26)32-30(35)20-33)31(36)29-8-4-15-41-29/h3-4,6-10,15-17,25-26H,5,11-14,18-21H2,1-2H3,(H,32,35)/t25-,26+/m0/s1. The number of nitrogens with one attached hydrogen (secondary N) is 1. The number of carbonyl (C=O) groups excluding carboxylic acids is 2. The number of thiophene rings is 1. The molecule has 218 valence electrons. The molecule has 1 N–H and O–H groups in total. The molecule has 4 bridgehead atoms. The predicted octanol–water partition coefficient (Wildman–Crippen LogP) is 4.32. The molecule has 1 saturated heterocycles. The number of carbonyl (C=O) groups is 2. The highest BCUT2D eigenvalue weighted by atomic mass is 32.1. The van der Waals surface area contributed by atoms with E-state index in [1.165, 1.54) is 11.3 Å². The molecule has 5 rings (SSSR count). The minimum atomic E-state index is -0.332. The van der Waals surface area contributed by atoms with Crippen molar-refractivity contribution >= 4 is 23.2 Å². The lowest BCUT2D eigenvalue weighted by atomic mass is 10.0. The van der Waals surface area contributed by atoms with Gasteiger partial charge in [0, 0.05) is 39.9 Å². The smallest absolute Gasteiger partial charge is 0.263 e. The molecule has 0 spiro atoms. The third kappa shape index (κ3) is 7.65. The predicted molar refractivity (Wildman–Crippen MR) is 157 cm³/mol. The van der Waals surface area contributed by atoms with E-state index in [2.05, 4.69) is 10.2 Å². The molecule has 0 saturated carbocycles. The Balaban J connectivity index is 1.42. The van der Waals surface area contributed by atoms with Crippen LogP contribution in [0.1, 0.15) is 33.6 Å². The average molecular weight is 580 g/mol. The number of piperidine rings is 1. The van der Waals surface area contributed by atoms with Gasteiger partial charge >= 0.3 is 0 Å². The zero-order chi connectivity index (χ0) is 28.6. The summed E-state index contributed by atoms with van der Waals surface area (Å²) in [7, 11) is 3.30. The van der Waals surface area contributed by atoms with Gasteiger partial charge in [-0.2, -0.15) is 0 Å². The van der Waals surface area contributed by atoms with Crippen LogP contribution in [0.3, 0.4) is 0 Å². The van der Waals surface area contributed by atoms with Gasteiger partial charge in [-0.15, -0.1) is 11.3 Å². The summed E-state index contributed by atoms with van der Waals surface area (Å²) >= 11 is 1.43.